The lowest BCUT2D eigenvalue weighted by atomic mass is 10.2. The lowest BCUT2D eigenvalue weighted by Crippen LogP contribution is -2.48. The molecule has 138 valence electrons. The minimum Gasteiger partial charge on any atom is -0.468 e. The normalized spacial score (nSPS) is 14.6. The van der Waals surface area contributed by atoms with Gasteiger partial charge in [0.25, 0.3) is 0 Å². The number of hydrogen-bond acceptors (Lipinski definition) is 7. The molecule has 0 atom stereocenters. The number of carbonyl (C=O) groups excluding carboxylic acids is 1. The van der Waals surface area contributed by atoms with Crippen molar-refractivity contribution in [3.05, 3.63) is 42.7 Å². The van der Waals surface area contributed by atoms with E-state index in [1.54, 1.807) is 24.4 Å². The first kappa shape index (κ1) is 17.3. The highest BCUT2D eigenvalue weighted by Gasteiger charge is 2.20. The average molecular weight is 365 g/mol. The number of fused-ring (bicyclic) bond motifs is 1. The number of hydrogen-bond donors (Lipinski definition) is 1. The summed E-state index contributed by atoms with van der Waals surface area (Å²) in [5.41, 5.74) is 3.00. The van der Waals surface area contributed by atoms with Gasteiger partial charge in [-0.2, -0.15) is 0 Å². The van der Waals surface area contributed by atoms with Gasteiger partial charge in [-0.15, -0.1) is 0 Å². The van der Waals surface area contributed by atoms with Crippen molar-refractivity contribution in [1.82, 2.24) is 20.3 Å². The van der Waals surface area contributed by atoms with Gasteiger partial charge in [-0.25, -0.2) is 9.97 Å². The van der Waals surface area contributed by atoms with E-state index in [1.807, 2.05) is 30.3 Å². The molecule has 1 aliphatic rings. The summed E-state index contributed by atoms with van der Waals surface area (Å²) in [6.45, 7) is 1.92. The Labute approximate surface area is 156 Å². The number of rotatable bonds is 5. The Morgan fingerprint density at radius 2 is 2.00 bits per heavy atom. The number of benzene rings is 1. The van der Waals surface area contributed by atoms with Crippen LogP contribution in [-0.2, 0) is 9.53 Å². The van der Waals surface area contributed by atoms with Crippen molar-refractivity contribution in [2.75, 3.05) is 38.4 Å². The second-order valence-corrected chi connectivity index (χ2v) is 6.09. The highest BCUT2D eigenvalue weighted by Crippen LogP contribution is 2.23. The summed E-state index contributed by atoms with van der Waals surface area (Å²) in [6.07, 6.45) is 3.38. The lowest BCUT2D eigenvalue weighted by Gasteiger charge is -2.27. The van der Waals surface area contributed by atoms with Crippen LogP contribution in [0.3, 0.4) is 0 Å². The fraction of sp³-hybridized carbons (Fsp3) is 0.263. The van der Waals surface area contributed by atoms with Crippen LogP contribution in [0.2, 0.25) is 0 Å². The summed E-state index contributed by atoms with van der Waals surface area (Å²) in [4.78, 5) is 27.3. The Hall–Kier alpha value is -3.10. The summed E-state index contributed by atoms with van der Waals surface area (Å²) < 4.78 is 10.3. The van der Waals surface area contributed by atoms with Crippen molar-refractivity contribution in [3.63, 3.8) is 0 Å². The van der Waals surface area contributed by atoms with Crippen LogP contribution in [0.25, 0.3) is 22.4 Å². The van der Waals surface area contributed by atoms with Crippen molar-refractivity contribution in [2.45, 2.75) is 0 Å². The van der Waals surface area contributed by atoms with Crippen LogP contribution in [0.4, 0.5) is 5.69 Å². The number of aromatic nitrogens is 3. The maximum absolute atomic E-state index is 12.1. The number of nitrogens with zero attached hydrogens (tertiary/aromatic N) is 4. The molecule has 0 saturated carbocycles. The molecule has 0 aliphatic carbocycles. The molecule has 1 amide bonds. The van der Waals surface area contributed by atoms with Crippen LogP contribution in [0.15, 0.2) is 42.7 Å². The molecule has 0 unspecified atom stereocenters. The van der Waals surface area contributed by atoms with E-state index in [2.05, 4.69) is 20.3 Å². The van der Waals surface area contributed by atoms with Crippen molar-refractivity contribution in [1.29, 1.82) is 0 Å². The molecule has 8 nitrogen and oxygen atoms in total. The molecule has 2 aromatic heterocycles. The van der Waals surface area contributed by atoms with Gasteiger partial charge in [0, 0.05) is 25.8 Å². The van der Waals surface area contributed by atoms with E-state index in [-0.39, 0.29) is 12.7 Å². The SMILES string of the molecule is COCOc1ccc(-c2ncc3ncc(N4CCNCC4=O)cc3n2)cc1. The maximum Gasteiger partial charge on any atom is 0.241 e. The molecule has 1 aliphatic heterocycles. The summed E-state index contributed by atoms with van der Waals surface area (Å²) in [6, 6.07) is 9.35. The van der Waals surface area contributed by atoms with Crippen molar-refractivity contribution in [2.24, 2.45) is 0 Å². The molecule has 0 radical (unpaired) electrons. The number of carbonyl (C=O) groups is 1. The highest BCUT2D eigenvalue weighted by molar-refractivity contribution is 5.96. The van der Waals surface area contributed by atoms with Crippen LogP contribution in [0, 0.1) is 0 Å². The number of amides is 1. The molecular weight excluding hydrogens is 346 g/mol. The quantitative estimate of drug-likeness (QED) is 0.687. The maximum atomic E-state index is 12.1. The second kappa shape index (κ2) is 7.65. The topological polar surface area (TPSA) is 89.5 Å². The fourth-order valence-electron chi connectivity index (χ4n) is 2.90. The molecule has 4 rings (SSSR count). The minimum absolute atomic E-state index is 0.0309. The predicted molar refractivity (Wildman–Crippen MR) is 100 cm³/mol. The molecule has 1 N–H and O–H groups in total. The standard InChI is InChI=1S/C19H19N5O3/c1-26-12-27-15-4-2-13(3-5-15)19-22-10-17-16(23-19)8-14(9-21-17)24-7-6-20-11-18(24)25/h2-5,8-10,20H,6-7,11-12H2,1H3. The van der Waals surface area contributed by atoms with Crippen LogP contribution in [0.5, 0.6) is 5.75 Å². The van der Waals surface area contributed by atoms with Gasteiger partial charge < -0.3 is 19.7 Å². The third-order valence-corrected chi connectivity index (χ3v) is 4.28. The highest BCUT2D eigenvalue weighted by atomic mass is 16.7. The van der Waals surface area contributed by atoms with Crippen LogP contribution < -0.4 is 15.0 Å². The molecule has 0 bridgehead atoms. The van der Waals surface area contributed by atoms with Crippen molar-refractivity contribution >= 4 is 22.6 Å². The number of nitrogens with one attached hydrogen (secondary N) is 1. The molecule has 8 heteroatoms. The molecule has 0 spiro atoms. The molecule has 27 heavy (non-hydrogen) atoms. The van der Waals surface area contributed by atoms with E-state index in [1.165, 1.54) is 0 Å². The van der Waals surface area contributed by atoms with Gasteiger partial charge in [0.05, 0.1) is 30.1 Å². The summed E-state index contributed by atoms with van der Waals surface area (Å²) in [7, 11) is 1.58. The zero-order valence-electron chi connectivity index (χ0n) is 14.9. The average Bonchev–Trinajstić information content (AvgIpc) is 2.72. The second-order valence-electron chi connectivity index (χ2n) is 6.09. The van der Waals surface area contributed by atoms with Crippen LogP contribution in [-0.4, -0.2) is 54.4 Å². The zero-order valence-corrected chi connectivity index (χ0v) is 14.9. The Kier molecular flexibility index (Phi) is 4.91. The molecule has 1 saturated heterocycles. The first-order chi connectivity index (χ1) is 13.2. The van der Waals surface area contributed by atoms with E-state index >= 15 is 0 Å². The Morgan fingerprint density at radius 3 is 2.78 bits per heavy atom. The lowest BCUT2D eigenvalue weighted by molar-refractivity contribution is -0.118. The van der Waals surface area contributed by atoms with E-state index in [0.29, 0.717) is 35.7 Å². The number of anilines is 1. The summed E-state index contributed by atoms with van der Waals surface area (Å²) in [5, 5.41) is 3.06. The Bertz CT molecular complexity index is 961. The van der Waals surface area contributed by atoms with Gasteiger partial charge in [-0.05, 0) is 30.3 Å². The Morgan fingerprint density at radius 1 is 1.15 bits per heavy atom. The summed E-state index contributed by atoms with van der Waals surface area (Å²) >= 11 is 0. The van der Waals surface area contributed by atoms with Crippen molar-refractivity contribution in [3.8, 4) is 17.1 Å². The van der Waals surface area contributed by atoms with Gasteiger partial charge in [-0.1, -0.05) is 0 Å². The minimum atomic E-state index is 0.0309. The first-order valence-electron chi connectivity index (χ1n) is 8.60. The monoisotopic (exact) mass is 365 g/mol. The zero-order chi connectivity index (χ0) is 18.6. The largest absolute Gasteiger partial charge is 0.468 e. The molecule has 1 fully saturated rings. The van der Waals surface area contributed by atoms with Gasteiger partial charge in [0.15, 0.2) is 12.6 Å². The van der Waals surface area contributed by atoms with Gasteiger partial charge in [-0.3, -0.25) is 9.78 Å². The van der Waals surface area contributed by atoms with E-state index < -0.39 is 0 Å². The van der Waals surface area contributed by atoms with E-state index in [9.17, 15) is 4.79 Å². The predicted octanol–water partition coefficient (Wildman–Crippen LogP) is 1.61. The molecule has 3 aromatic rings. The third-order valence-electron chi connectivity index (χ3n) is 4.28. The number of piperazine rings is 1. The van der Waals surface area contributed by atoms with E-state index in [0.717, 1.165) is 17.8 Å². The third kappa shape index (κ3) is 3.71. The van der Waals surface area contributed by atoms with Gasteiger partial charge in [0.2, 0.25) is 5.91 Å². The van der Waals surface area contributed by atoms with Gasteiger partial charge >= 0.3 is 0 Å². The van der Waals surface area contributed by atoms with Gasteiger partial charge in [0.1, 0.15) is 11.3 Å². The Balaban J connectivity index is 1.63. The van der Waals surface area contributed by atoms with E-state index in [4.69, 9.17) is 9.47 Å². The molecule has 1 aromatic carbocycles. The molecule has 3 heterocycles. The van der Waals surface area contributed by atoms with Crippen LogP contribution >= 0.6 is 0 Å². The van der Waals surface area contributed by atoms with Crippen molar-refractivity contribution < 1.29 is 14.3 Å². The first-order valence-corrected chi connectivity index (χ1v) is 8.60. The van der Waals surface area contributed by atoms with Crippen LogP contribution in [0.1, 0.15) is 0 Å². The number of ether oxygens (including phenoxy) is 2. The molecular formula is C19H19N5O3. The number of methoxy groups -OCH3 is 1. The fourth-order valence-corrected chi connectivity index (χ4v) is 2.90. The smallest absolute Gasteiger partial charge is 0.241 e. The number of pyridine rings is 1. The summed E-state index contributed by atoms with van der Waals surface area (Å²) in [5.74, 6) is 1.33.